The molecule has 2 aromatic carbocycles. The lowest BCUT2D eigenvalue weighted by Gasteiger charge is -2.16. The van der Waals surface area contributed by atoms with E-state index in [2.05, 4.69) is 17.2 Å². The minimum atomic E-state index is -0.300. The van der Waals surface area contributed by atoms with Crippen molar-refractivity contribution in [2.45, 2.75) is 34.1 Å². The molecule has 166 valence electrons. The SMILES string of the molecule is CCCOc1ccc2nc(NC(=O)c3cc(OCC)c(OCC)c(OCC)c3)sc2c1. The van der Waals surface area contributed by atoms with E-state index in [0.29, 0.717) is 54.4 Å². The molecule has 1 amide bonds. The third-order valence-electron chi connectivity index (χ3n) is 4.22. The van der Waals surface area contributed by atoms with Gasteiger partial charge in [-0.3, -0.25) is 10.1 Å². The Labute approximate surface area is 186 Å². The fourth-order valence-corrected chi connectivity index (χ4v) is 3.85. The van der Waals surface area contributed by atoms with Gasteiger partial charge in [-0.25, -0.2) is 4.98 Å². The lowest BCUT2D eigenvalue weighted by Crippen LogP contribution is -2.13. The Morgan fingerprint density at radius 3 is 2.23 bits per heavy atom. The summed E-state index contributed by atoms with van der Waals surface area (Å²) in [7, 11) is 0. The van der Waals surface area contributed by atoms with E-state index in [0.717, 1.165) is 22.4 Å². The van der Waals surface area contributed by atoms with E-state index in [1.807, 2.05) is 39.0 Å². The molecule has 0 spiro atoms. The van der Waals surface area contributed by atoms with Gasteiger partial charge in [-0.15, -0.1) is 0 Å². The number of fused-ring (bicyclic) bond motifs is 1. The van der Waals surface area contributed by atoms with Crippen LogP contribution in [0, 0.1) is 0 Å². The number of carbonyl (C=O) groups is 1. The second-order valence-corrected chi connectivity index (χ2v) is 7.58. The zero-order valence-corrected chi connectivity index (χ0v) is 19.1. The summed E-state index contributed by atoms with van der Waals surface area (Å²) in [5.74, 6) is 1.95. The predicted octanol–water partition coefficient (Wildman–Crippen LogP) is 5.53. The molecule has 1 aromatic heterocycles. The Morgan fingerprint density at radius 2 is 1.61 bits per heavy atom. The maximum atomic E-state index is 13.0. The number of nitrogens with zero attached hydrogens (tertiary/aromatic N) is 1. The van der Waals surface area contributed by atoms with Crippen LogP contribution in [0.2, 0.25) is 0 Å². The van der Waals surface area contributed by atoms with E-state index in [1.165, 1.54) is 11.3 Å². The first-order valence-electron chi connectivity index (χ1n) is 10.5. The van der Waals surface area contributed by atoms with Crippen LogP contribution in [0.5, 0.6) is 23.0 Å². The number of nitrogens with one attached hydrogen (secondary N) is 1. The van der Waals surface area contributed by atoms with Crippen LogP contribution in [0.4, 0.5) is 5.13 Å². The van der Waals surface area contributed by atoms with Gasteiger partial charge in [-0.2, -0.15) is 0 Å². The molecule has 0 atom stereocenters. The van der Waals surface area contributed by atoms with E-state index in [4.69, 9.17) is 18.9 Å². The Kier molecular flexibility index (Phi) is 7.94. The van der Waals surface area contributed by atoms with Gasteiger partial charge in [-0.1, -0.05) is 18.3 Å². The van der Waals surface area contributed by atoms with Gasteiger partial charge >= 0.3 is 0 Å². The number of rotatable bonds is 11. The number of anilines is 1. The van der Waals surface area contributed by atoms with Gasteiger partial charge in [0.05, 0.1) is 36.6 Å². The molecule has 0 fully saturated rings. The average molecular weight is 445 g/mol. The summed E-state index contributed by atoms with van der Waals surface area (Å²) in [6, 6.07) is 9.05. The summed E-state index contributed by atoms with van der Waals surface area (Å²) in [5.41, 5.74) is 1.21. The van der Waals surface area contributed by atoms with Crippen molar-refractivity contribution in [3.8, 4) is 23.0 Å². The summed E-state index contributed by atoms with van der Waals surface area (Å²) in [4.78, 5) is 17.5. The molecule has 3 rings (SSSR count). The third-order valence-corrected chi connectivity index (χ3v) is 5.16. The quantitative estimate of drug-likeness (QED) is 0.419. The first-order valence-corrected chi connectivity index (χ1v) is 11.3. The summed E-state index contributed by atoms with van der Waals surface area (Å²) in [6.45, 7) is 9.71. The highest BCUT2D eigenvalue weighted by Gasteiger charge is 2.19. The predicted molar refractivity (Wildman–Crippen MR) is 123 cm³/mol. The van der Waals surface area contributed by atoms with Crippen molar-refractivity contribution in [1.29, 1.82) is 0 Å². The van der Waals surface area contributed by atoms with Crippen LogP contribution in [0.15, 0.2) is 30.3 Å². The molecule has 1 heterocycles. The van der Waals surface area contributed by atoms with Gasteiger partial charge in [0, 0.05) is 5.56 Å². The molecule has 3 aromatic rings. The first-order chi connectivity index (χ1) is 15.1. The number of amides is 1. The number of hydrogen-bond donors (Lipinski definition) is 1. The van der Waals surface area contributed by atoms with Gasteiger partial charge in [0.15, 0.2) is 16.6 Å². The highest BCUT2D eigenvalue weighted by Crippen LogP contribution is 2.39. The largest absolute Gasteiger partial charge is 0.494 e. The minimum absolute atomic E-state index is 0.300. The standard InChI is InChI=1S/C23H28N2O5S/c1-5-11-30-16-9-10-17-20(14-16)31-23(24-17)25-22(26)15-12-18(27-6-2)21(29-8-4)19(13-15)28-7-3/h9-10,12-14H,5-8,11H2,1-4H3,(H,24,25,26). The smallest absolute Gasteiger partial charge is 0.257 e. The molecule has 0 radical (unpaired) electrons. The molecule has 0 bridgehead atoms. The summed E-state index contributed by atoms with van der Waals surface area (Å²) in [5, 5.41) is 3.39. The molecular weight excluding hydrogens is 416 g/mol. The fourth-order valence-electron chi connectivity index (χ4n) is 2.96. The molecule has 8 heteroatoms. The lowest BCUT2D eigenvalue weighted by atomic mass is 10.1. The zero-order valence-electron chi connectivity index (χ0n) is 18.3. The normalized spacial score (nSPS) is 10.7. The number of ether oxygens (including phenoxy) is 4. The summed E-state index contributed by atoms with van der Waals surface area (Å²) in [6.07, 6.45) is 0.942. The number of hydrogen-bond acceptors (Lipinski definition) is 7. The second kappa shape index (κ2) is 10.9. The molecular formula is C23H28N2O5S. The summed E-state index contributed by atoms with van der Waals surface area (Å²) >= 11 is 1.40. The molecule has 0 aliphatic rings. The van der Waals surface area contributed by atoms with Gasteiger partial charge in [-0.05, 0) is 57.5 Å². The van der Waals surface area contributed by atoms with Crippen molar-refractivity contribution in [3.63, 3.8) is 0 Å². The monoisotopic (exact) mass is 444 g/mol. The van der Waals surface area contributed by atoms with Gasteiger partial charge in [0.25, 0.3) is 5.91 Å². The molecule has 31 heavy (non-hydrogen) atoms. The second-order valence-electron chi connectivity index (χ2n) is 6.55. The van der Waals surface area contributed by atoms with Crippen molar-refractivity contribution in [1.82, 2.24) is 4.98 Å². The molecule has 0 unspecified atom stereocenters. The summed E-state index contributed by atoms with van der Waals surface area (Å²) < 4.78 is 23.7. The van der Waals surface area contributed by atoms with Gasteiger partial charge < -0.3 is 18.9 Å². The maximum Gasteiger partial charge on any atom is 0.257 e. The van der Waals surface area contributed by atoms with Gasteiger partial charge in [0.1, 0.15) is 5.75 Å². The molecule has 0 aliphatic carbocycles. The number of benzene rings is 2. The first kappa shape index (κ1) is 22.7. The van der Waals surface area contributed by atoms with Crippen LogP contribution in [0.3, 0.4) is 0 Å². The maximum absolute atomic E-state index is 13.0. The van der Waals surface area contributed by atoms with Crippen LogP contribution in [0.1, 0.15) is 44.5 Å². The van der Waals surface area contributed by atoms with Crippen molar-refractivity contribution in [2.24, 2.45) is 0 Å². The Bertz CT molecular complexity index is 1010. The van der Waals surface area contributed by atoms with E-state index in [-0.39, 0.29) is 5.91 Å². The highest BCUT2D eigenvalue weighted by atomic mass is 32.1. The molecule has 7 nitrogen and oxygen atoms in total. The highest BCUT2D eigenvalue weighted by molar-refractivity contribution is 7.22. The van der Waals surface area contributed by atoms with Crippen molar-refractivity contribution >= 4 is 32.6 Å². The Hall–Kier alpha value is -3.00. The zero-order chi connectivity index (χ0) is 22.2. The molecule has 0 saturated carbocycles. The Morgan fingerprint density at radius 1 is 0.935 bits per heavy atom. The topological polar surface area (TPSA) is 78.9 Å². The van der Waals surface area contributed by atoms with Crippen LogP contribution in [-0.2, 0) is 0 Å². The number of carbonyl (C=O) groups excluding carboxylic acids is 1. The van der Waals surface area contributed by atoms with E-state index < -0.39 is 0 Å². The number of aromatic nitrogens is 1. The van der Waals surface area contributed by atoms with Gasteiger partial charge in [0.2, 0.25) is 5.75 Å². The minimum Gasteiger partial charge on any atom is -0.494 e. The number of thiazole rings is 1. The van der Waals surface area contributed by atoms with E-state index >= 15 is 0 Å². The van der Waals surface area contributed by atoms with Crippen molar-refractivity contribution in [3.05, 3.63) is 35.9 Å². The van der Waals surface area contributed by atoms with Crippen LogP contribution in [0.25, 0.3) is 10.2 Å². The third kappa shape index (κ3) is 5.58. The molecule has 1 N–H and O–H groups in total. The van der Waals surface area contributed by atoms with E-state index in [1.54, 1.807) is 12.1 Å². The van der Waals surface area contributed by atoms with Crippen LogP contribution in [-0.4, -0.2) is 37.3 Å². The lowest BCUT2D eigenvalue weighted by molar-refractivity contribution is 0.102. The van der Waals surface area contributed by atoms with Crippen molar-refractivity contribution in [2.75, 3.05) is 31.7 Å². The van der Waals surface area contributed by atoms with Crippen LogP contribution < -0.4 is 24.3 Å². The Balaban J connectivity index is 1.86. The fraction of sp³-hybridized carbons (Fsp3) is 0.391. The molecule has 0 aliphatic heterocycles. The van der Waals surface area contributed by atoms with E-state index in [9.17, 15) is 4.79 Å². The molecule has 0 saturated heterocycles. The van der Waals surface area contributed by atoms with Crippen LogP contribution >= 0.6 is 11.3 Å². The van der Waals surface area contributed by atoms with Crippen molar-refractivity contribution < 1.29 is 23.7 Å². The average Bonchev–Trinajstić information content (AvgIpc) is 3.16.